The SMILES string of the molecule is COc1ccc(C2=NN(c3ccccc3)[C@H](c3ccc(OC)c(OC)c3)C2)cc1. The van der Waals surface area contributed by atoms with Crippen LogP contribution in [0.4, 0.5) is 5.69 Å². The third kappa shape index (κ3) is 3.76. The lowest BCUT2D eigenvalue weighted by Gasteiger charge is -2.24. The van der Waals surface area contributed by atoms with Gasteiger partial charge in [-0.3, -0.25) is 5.01 Å². The molecule has 4 rings (SSSR count). The molecule has 0 unspecified atom stereocenters. The molecule has 0 saturated carbocycles. The lowest BCUT2D eigenvalue weighted by atomic mass is 9.97. The summed E-state index contributed by atoms with van der Waals surface area (Å²) in [6.45, 7) is 0. The summed E-state index contributed by atoms with van der Waals surface area (Å²) in [6.07, 6.45) is 0.788. The first-order chi connectivity index (χ1) is 14.2. The van der Waals surface area contributed by atoms with Crippen molar-refractivity contribution >= 4 is 11.4 Å². The molecule has 0 spiro atoms. The average Bonchev–Trinajstić information content (AvgIpc) is 3.24. The van der Waals surface area contributed by atoms with Gasteiger partial charge in [-0.05, 0) is 59.7 Å². The maximum absolute atomic E-state index is 5.52. The predicted octanol–water partition coefficient (Wildman–Crippen LogP) is 5.07. The van der Waals surface area contributed by atoms with Crippen molar-refractivity contribution in [2.24, 2.45) is 5.10 Å². The van der Waals surface area contributed by atoms with E-state index in [1.165, 1.54) is 0 Å². The Hall–Kier alpha value is -3.47. The van der Waals surface area contributed by atoms with Gasteiger partial charge >= 0.3 is 0 Å². The van der Waals surface area contributed by atoms with E-state index in [2.05, 4.69) is 35.3 Å². The number of hydrogen-bond donors (Lipinski definition) is 0. The number of benzene rings is 3. The maximum Gasteiger partial charge on any atom is 0.161 e. The Kier molecular flexibility index (Phi) is 5.38. The van der Waals surface area contributed by atoms with Crippen LogP contribution in [0.25, 0.3) is 0 Å². The lowest BCUT2D eigenvalue weighted by molar-refractivity contribution is 0.354. The van der Waals surface area contributed by atoms with Gasteiger partial charge in [0.05, 0.1) is 38.8 Å². The van der Waals surface area contributed by atoms with Crippen molar-refractivity contribution in [2.75, 3.05) is 26.3 Å². The summed E-state index contributed by atoms with van der Waals surface area (Å²) in [4.78, 5) is 0. The molecule has 1 aliphatic rings. The van der Waals surface area contributed by atoms with E-state index in [1.807, 2.05) is 42.5 Å². The largest absolute Gasteiger partial charge is 0.497 e. The molecular weight excluding hydrogens is 364 g/mol. The highest BCUT2D eigenvalue weighted by Crippen LogP contribution is 2.39. The highest BCUT2D eigenvalue weighted by molar-refractivity contribution is 6.03. The summed E-state index contributed by atoms with van der Waals surface area (Å²) < 4.78 is 16.2. The van der Waals surface area contributed by atoms with E-state index >= 15 is 0 Å². The van der Waals surface area contributed by atoms with Crippen LogP contribution >= 0.6 is 0 Å². The number of hydrogen-bond acceptors (Lipinski definition) is 5. The average molecular weight is 388 g/mol. The second-order valence-electron chi connectivity index (χ2n) is 6.79. The maximum atomic E-state index is 5.52. The predicted molar refractivity (Wildman–Crippen MR) is 115 cm³/mol. The topological polar surface area (TPSA) is 43.3 Å². The summed E-state index contributed by atoms with van der Waals surface area (Å²) in [6, 6.07) is 24.4. The van der Waals surface area contributed by atoms with Crippen molar-refractivity contribution in [3.63, 3.8) is 0 Å². The summed E-state index contributed by atoms with van der Waals surface area (Å²) in [5.41, 5.74) is 4.31. The van der Waals surface area contributed by atoms with Gasteiger partial charge in [0, 0.05) is 6.42 Å². The molecule has 3 aromatic carbocycles. The van der Waals surface area contributed by atoms with Gasteiger partial charge in [0.1, 0.15) is 5.75 Å². The summed E-state index contributed by atoms with van der Waals surface area (Å²) in [5.74, 6) is 2.27. The Morgan fingerprint density at radius 2 is 1.52 bits per heavy atom. The molecule has 5 heteroatoms. The van der Waals surface area contributed by atoms with Crippen molar-refractivity contribution in [1.29, 1.82) is 0 Å². The van der Waals surface area contributed by atoms with Crippen LogP contribution in [-0.4, -0.2) is 27.0 Å². The fraction of sp³-hybridized carbons (Fsp3) is 0.208. The minimum atomic E-state index is 0.0642. The number of nitrogens with zero attached hydrogens (tertiary/aromatic N) is 2. The number of para-hydroxylation sites is 1. The summed E-state index contributed by atoms with van der Waals surface area (Å²) in [5, 5.41) is 7.06. The first-order valence-corrected chi connectivity index (χ1v) is 9.51. The van der Waals surface area contributed by atoms with Crippen molar-refractivity contribution in [3.8, 4) is 17.2 Å². The molecule has 3 aromatic rings. The van der Waals surface area contributed by atoms with Crippen molar-refractivity contribution in [1.82, 2.24) is 0 Å². The fourth-order valence-electron chi connectivity index (χ4n) is 3.61. The smallest absolute Gasteiger partial charge is 0.161 e. The van der Waals surface area contributed by atoms with Gasteiger partial charge in [-0.2, -0.15) is 5.10 Å². The Morgan fingerprint density at radius 3 is 2.17 bits per heavy atom. The number of anilines is 1. The Morgan fingerprint density at radius 1 is 0.793 bits per heavy atom. The standard InChI is InChI=1S/C24H24N2O3/c1-27-20-12-9-17(10-13-20)21-16-22(26(25-21)19-7-5-4-6-8-19)18-11-14-23(28-2)24(15-18)29-3/h4-15,22H,16H2,1-3H3/t22-/m0/s1. The number of methoxy groups -OCH3 is 3. The fourth-order valence-corrected chi connectivity index (χ4v) is 3.61. The van der Waals surface area contributed by atoms with Gasteiger partial charge in [-0.15, -0.1) is 0 Å². The van der Waals surface area contributed by atoms with E-state index in [-0.39, 0.29) is 6.04 Å². The second kappa shape index (κ2) is 8.27. The van der Waals surface area contributed by atoms with E-state index in [9.17, 15) is 0 Å². The van der Waals surface area contributed by atoms with Crippen LogP contribution in [0.5, 0.6) is 17.2 Å². The van der Waals surface area contributed by atoms with E-state index in [0.29, 0.717) is 0 Å². The molecule has 5 nitrogen and oxygen atoms in total. The number of rotatable bonds is 6. The molecule has 0 amide bonds. The zero-order valence-corrected chi connectivity index (χ0v) is 16.8. The molecule has 0 fully saturated rings. The Labute approximate surface area is 171 Å². The van der Waals surface area contributed by atoms with Crippen LogP contribution in [0.1, 0.15) is 23.6 Å². The first kappa shape index (κ1) is 18.9. The van der Waals surface area contributed by atoms with Gasteiger partial charge in [0.25, 0.3) is 0 Å². The van der Waals surface area contributed by atoms with Crippen molar-refractivity contribution in [2.45, 2.75) is 12.5 Å². The zero-order chi connectivity index (χ0) is 20.2. The number of ether oxygens (including phenoxy) is 3. The van der Waals surface area contributed by atoms with E-state index < -0.39 is 0 Å². The molecular formula is C24H24N2O3. The van der Waals surface area contributed by atoms with Crippen LogP contribution in [-0.2, 0) is 0 Å². The van der Waals surface area contributed by atoms with Gasteiger partial charge in [-0.1, -0.05) is 24.3 Å². The van der Waals surface area contributed by atoms with Crippen LogP contribution in [0.15, 0.2) is 77.9 Å². The molecule has 0 aromatic heterocycles. The minimum Gasteiger partial charge on any atom is -0.497 e. The van der Waals surface area contributed by atoms with Gasteiger partial charge in [0.2, 0.25) is 0 Å². The highest BCUT2D eigenvalue weighted by atomic mass is 16.5. The third-order valence-corrected chi connectivity index (χ3v) is 5.15. The van der Waals surface area contributed by atoms with Crippen molar-refractivity contribution in [3.05, 3.63) is 83.9 Å². The zero-order valence-electron chi connectivity index (χ0n) is 16.8. The molecule has 0 saturated heterocycles. The van der Waals surface area contributed by atoms with Gasteiger partial charge in [-0.25, -0.2) is 0 Å². The summed E-state index contributed by atoms with van der Waals surface area (Å²) in [7, 11) is 4.98. The summed E-state index contributed by atoms with van der Waals surface area (Å²) >= 11 is 0. The first-order valence-electron chi connectivity index (χ1n) is 9.51. The normalized spacial score (nSPS) is 15.8. The highest BCUT2D eigenvalue weighted by Gasteiger charge is 2.30. The lowest BCUT2D eigenvalue weighted by Crippen LogP contribution is -2.18. The molecule has 0 bridgehead atoms. The van der Waals surface area contributed by atoms with Gasteiger partial charge in [0.15, 0.2) is 11.5 Å². The molecule has 29 heavy (non-hydrogen) atoms. The van der Waals surface area contributed by atoms with E-state index in [4.69, 9.17) is 19.3 Å². The van der Waals surface area contributed by atoms with Gasteiger partial charge < -0.3 is 14.2 Å². The van der Waals surface area contributed by atoms with Crippen LogP contribution in [0, 0.1) is 0 Å². The Balaban J connectivity index is 1.73. The van der Waals surface area contributed by atoms with Crippen molar-refractivity contribution < 1.29 is 14.2 Å². The molecule has 0 aliphatic carbocycles. The molecule has 1 aliphatic heterocycles. The van der Waals surface area contributed by atoms with Crippen LogP contribution in [0.3, 0.4) is 0 Å². The molecule has 1 atom stereocenters. The molecule has 0 N–H and O–H groups in total. The van der Waals surface area contributed by atoms with Crippen LogP contribution in [0.2, 0.25) is 0 Å². The minimum absolute atomic E-state index is 0.0642. The van der Waals surface area contributed by atoms with E-state index in [0.717, 1.165) is 46.2 Å². The van der Waals surface area contributed by atoms with E-state index in [1.54, 1.807) is 21.3 Å². The monoisotopic (exact) mass is 388 g/mol. The quantitative estimate of drug-likeness (QED) is 0.591. The second-order valence-corrected chi connectivity index (χ2v) is 6.79. The van der Waals surface area contributed by atoms with Crippen LogP contribution < -0.4 is 19.2 Å². The molecule has 148 valence electrons. The number of hydrazone groups is 1. The Bertz CT molecular complexity index is 1000. The third-order valence-electron chi connectivity index (χ3n) is 5.15. The molecule has 0 radical (unpaired) electrons. The molecule has 1 heterocycles.